The van der Waals surface area contributed by atoms with Crippen molar-refractivity contribution in [1.29, 1.82) is 0 Å². The Kier molecular flexibility index (Phi) is 5.24. The van der Waals surface area contributed by atoms with E-state index in [-0.39, 0.29) is 0 Å². The summed E-state index contributed by atoms with van der Waals surface area (Å²) < 4.78 is 0. The maximum absolute atomic E-state index is 6.00. The number of hydrogen-bond donors (Lipinski definition) is 1. The van der Waals surface area contributed by atoms with Crippen molar-refractivity contribution in [1.82, 2.24) is 0 Å². The summed E-state index contributed by atoms with van der Waals surface area (Å²) in [5.74, 6) is 0. The third-order valence-corrected chi connectivity index (χ3v) is 3.86. The quantitative estimate of drug-likeness (QED) is 0.779. The van der Waals surface area contributed by atoms with Crippen molar-refractivity contribution in [3.05, 3.63) is 58.6 Å². The van der Waals surface area contributed by atoms with Crippen LogP contribution in [0.15, 0.2) is 48.5 Å². The Balaban J connectivity index is 2.15. The van der Waals surface area contributed by atoms with Gasteiger partial charge in [0, 0.05) is 17.9 Å². The highest BCUT2D eigenvalue weighted by Crippen LogP contribution is 2.25. The van der Waals surface area contributed by atoms with Crippen LogP contribution in [0.4, 0.5) is 11.4 Å². The minimum absolute atomic E-state index is 0.502. The third-order valence-electron chi connectivity index (χ3n) is 2.80. The first-order chi connectivity index (χ1) is 9.61. The summed E-state index contributed by atoms with van der Waals surface area (Å²) in [5.41, 5.74) is 1.87. The second-order valence-corrected chi connectivity index (χ2v) is 5.34. The number of halogens is 2. The lowest BCUT2D eigenvalue weighted by Gasteiger charge is -2.24. The van der Waals surface area contributed by atoms with Gasteiger partial charge in [-0.1, -0.05) is 41.4 Å². The molecule has 0 spiro atoms. The van der Waals surface area contributed by atoms with Crippen LogP contribution in [0.1, 0.15) is 6.92 Å². The minimum atomic E-state index is 0.502. The lowest BCUT2D eigenvalue weighted by molar-refractivity contribution is 1.07. The molecule has 0 fully saturated rings. The first-order valence-corrected chi connectivity index (χ1v) is 7.37. The number of para-hydroxylation sites is 1. The summed E-state index contributed by atoms with van der Waals surface area (Å²) in [5, 5.41) is 4.82. The number of rotatable bonds is 3. The molecular weight excluding hydrogens is 311 g/mol. The van der Waals surface area contributed by atoms with Crippen LogP contribution in [0.2, 0.25) is 10.0 Å². The smallest absolute Gasteiger partial charge is 0.177 e. The fourth-order valence-electron chi connectivity index (χ4n) is 1.82. The normalized spacial score (nSPS) is 10.2. The Morgan fingerprint density at radius 3 is 2.40 bits per heavy atom. The summed E-state index contributed by atoms with van der Waals surface area (Å²) >= 11 is 17.4. The maximum atomic E-state index is 6.00. The highest BCUT2D eigenvalue weighted by atomic mass is 35.5. The van der Waals surface area contributed by atoms with Crippen molar-refractivity contribution < 1.29 is 0 Å². The number of anilines is 2. The van der Waals surface area contributed by atoms with Gasteiger partial charge in [-0.15, -0.1) is 0 Å². The van der Waals surface area contributed by atoms with Gasteiger partial charge >= 0.3 is 0 Å². The Hall–Kier alpha value is -1.29. The second-order valence-electron chi connectivity index (χ2n) is 4.14. The van der Waals surface area contributed by atoms with E-state index in [9.17, 15) is 0 Å². The first kappa shape index (κ1) is 15.1. The maximum Gasteiger partial charge on any atom is 0.177 e. The van der Waals surface area contributed by atoms with E-state index in [0.29, 0.717) is 15.2 Å². The van der Waals surface area contributed by atoms with Crippen LogP contribution < -0.4 is 10.2 Å². The van der Waals surface area contributed by atoms with E-state index < -0.39 is 0 Å². The van der Waals surface area contributed by atoms with E-state index in [1.54, 1.807) is 12.1 Å². The highest BCUT2D eigenvalue weighted by molar-refractivity contribution is 7.80. The number of nitrogens with one attached hydrogen (secondary N) is 1. The van der Waals surface area contributed by atoms with Crippen molar-refractivity contribution in [3.8, 4) is 0 Å². The Bertz CT molecular complexity index is 602. The zero-order valence-corrected chi connectivity index (χ0v) is 13.3. The molecule has 2 aromatic carbocycles. The molecule has 0 bridgehead atoms. The molecule has 0 aliphatic carbocycles. The lowest BCUT2D eigenvalue weighted by atomic mass is 10.3. The summed E-state index contributed by atoms with van der Waals surface area (Å²) in [4.78, 5) is 2.01. The van der Waals surface area contributed by atoms with Gasteiger partial charge < -0.3 is 10.2 Å². The van der Waals surface area contributed by atoms with Gasteiger partial charge in [-0.25, -0.2) is 0 Å². The molecule has 5 heteroatoms. The molecule has 20 heavy (non-hydrogen) atoms. The van der Waals surface area contributed by atoms with E-state index in [2.05, 4.69) is 12.2 Å². The number of hydrogen-bond acceptors (Lipinski definition) is 1. The molecule has 0 amide bonds. The molecule has 0 saturated heterocycles. The Labute approximate surface area is 134 Å². The summed E-state index contributed by atoms with van der Waals surface area (Å²) in [7, 11) is 0. The summed E-state index contributed by atoms with van der Waals surface area (Å²) in [6.45, 7) is 2.83. The van der Waals surface area contributed by atoms with Crippen LogP contribution in [0.25, 0.3) is 0 Å². The van der Waals surface area contributed by atoms with Gasteiger partial charge in [0.1, 0.15) is 0 Å². The van der Waals surface area contributed by atoms with Crippen molar-refractivity contribution in [2.75, 3.05) is 16.8 Å². The molecule has 2 nitrogen and oxygen atoms in total. The van der Waals surface area contributed by atoms with Gasteiger partial charge in [-0.2, -0.15) is 0 Å². The molecule has 0 saturated carbocycles. The van der Waals surface area contributed by atoms with Crippen LogP contribution in [0.5, 0.6) is 0 Å². The molecule has 0 unspecified atom stereocenters. The fraction of sp³-hybridized carbons (Fsp3) is 0.133. The molecule has 0 aliphatic rings. The van der Waals surface area contributed by atoms with E-state index in [4.69, 9.17) is 35.4 Å². The highest BCUT2D eigenvalue weighted by Gasteiger charge is 2.10. The molecular formula is C15H14Cl2N2S. The standard InChI is InChI=1S/C15H14Cl2N2S/c1-2-19(12-6-4-3-5-7-12)15(20)18-11-8-9-13(16)14(17)10-11/h3-10H,2H2,1H3,(H,18,20). The first-order valence-electron chi connectivity index (χ1n) is 6.20. The Morgan fingerprint density at radius 1 is 1.10 bits per heavy atom. The second kappa shape index (κ2) is 6.93. The number of nitrogens with zero attached hydrogens (tertiary/aromatic N) is 1. The van der Waals surface area contributed by atoms with Gasteiger partial charge in [0.25, 0.3) is 0 Å². The van der Waals surface area contributed by atoms with Crippen LogP contribution in [0, 0.1) is 0 Å². The number of benzene rings is 2. The number of thiocarbonyl (C=S) groups is 1. The average molecular weight is 325 g/mol. The van der Waals surface area contributed by atoms with E-state index >= 15 is 0 Å². The van der Waals surface area contributed by atoms with Crippen LogP contribution in [-0.4, -0.2) is 11.7 Å². The third kappa shape index (κ3) is 3.63. The van der Waals surface area contributed by atoms with E-state index in [1.165, 1.54) is 0 Å². The van der Waals surface area contributed by atoms with Crippen molar-refractivity contribution in [2.24, 2.45) is 0 Å². The molecule has 2 rings (SSSR count). The van der Waals surface area contributed by atoms with Crippen LogP contribution >= 0.6 is 35.4 Å². The SMILES string of the molecule is CCN(C(=S)Nc1ccc(Cl)c(Cl)c1)c1ccccc1. The zero-order valence-electron chi connectivity index (χ0n) is 10.9. The molecule has 1 N–H and O–H groups in total. The van der Waals surface area contributed by atoms with Gasteiger partial charge in [-0.3, -0.25) is 0 Å². The molecule has 0 heterocycles. The van der Waals surface area contributed by atoms with Crippen molar-refractivity contribution in [2.45, 2.75) is 6.92 Å². The summed E-state index contributed by atoms with van der Waals surface area (Å²) in [6, 6.07) is 15.3. The Morgan fingerprint density at radius 2 is 1.80 bits per heavy atom. The lowest BCUT2D eigenvalue weighted by Crippen LogP contribution is -2.34. The van der Waals surface area contributed by atoms with Crippen LogP contribution in [0.3, 0.4) is 0 Å². The minimum Gasteiger partial charge on any atom is -0.332 e. The predicted octanol–water partition coefficient (Wildman–Crippen LogP) is 5.22. The molecule has 0 aliphatic heterocycles. The van der Waals surface area contributed by atoms with Gasteiger partial charge in [0.2, 0.25) is 0 Å². The average Bonchev–Trinajstić information content (AvgIpc) is 2.45. The molecule has 2 aromatic rings. The molecule has 104 valence electrons. The van der Waals surface area contributed by atoms with Gasteiger partial charge in [0.15, 0.2) is 5.11 Å². The van der Waals surface area contributed by atoms with Crippen molar-refractivity contribution >= 4 is 51.9 Å². The van der Waals surface area contributed by atoms with Gasteiger partial charge in [0.05, 0.1) is 10.0 Å². The predicted molar refractivity (Wildman–Crippen MR) is 92.1 cm³/mol. The van der Waals surface area contributed by atoms with Crippen molar-refractivity contribution in [3.63, 3.8) is 0 Å². The monoisotopic (exact) mass is 324 g/mol. The summed E-state index contributed by atoms with van der Waals surface area (Å²) in [6.07, 6.45) is 0. The van der Waals surface area contributed by atoms with Crippen LogP contribution in [-0.2, 0) is 0 Å². The molecule has 0 atom stereocenters. The largest absolute Gasteiger partial charge is 0.332 e. The van der Waals surface area contributed by atoms with E-state index in [1.807, 2.05) is 41.3 Å². The van der Waals surface area contributed by atoms with E-state index in [0.717, 1.165) is 17.9 Å². The molecule has 0 radical (unpaired) electrons. The van der Waals surface area contributed by atoms with Gasteiger partial charge in [-0.05, 0) is 49.5 Å². The fourth-order valence-corrected chi connectivity index (χ4v) is 2.47. The molecule has 0 aromatic heterocycles. The topological polar surface area (TPSA) is 15.3 Å². The zero-order chi connectivity index (χ0) is 14.5.